The van der Waals surface area contributed by atoms with E-state index in [0.717, 1.165) is 5.56 Å². The molecule has 0 saturated heterocycles. The summed E-state index contributed by atoms with van der Waals surface area (Å²) in [6.07, 6.45) is 1.36. The second-order valence-electron chi connectivity index (χ2n) is 6.99. The molecule has 0 aliphatic heterocycles. The highest BCUT2D eigenvalue weighted by Gasteiger charge is 2.13. The molecule has 0 atom stereocenters. The number of nitriles is 1. The number of para-hydroxylation sites is 1. The Morgan fingerprint density at radius 1 is 1.03 bits per heavy atom. The third kappa shape index (κ3) is 6.84. The first-order valence-corrected chi connectivity index (χ1v) is 10.6. The van der Waals surface area contributed by atoms with E-state index in [1.165, 1.54) is 6.08 Å². The number of nitrogens with one attached hydrogen (secondary N) is 2. The molecule has 2 amide bonds. The van der Waals surface area contributed by atoms with Gasteiger partial charge in [-0.2, -0.15) is 5.26 Å². The van der Waals surface area contributed by atoms with Gasteiger partial charge in [-0.1, -0.05) is 53.0 Å². The van der Waals surface area contributed by atoms with E-state index in [4.69, 9.17) is 27.9 Å². The number of carbonyl (C=O) groups excluding carboxylic acids is 2. The number of amides is 2. The Hall–Kier alpha value is -3.79. The summed E-state index contributed by atoms with van der Waals surface area (Å²) in [5.41, 5.74) is 2.30. The van der Waals surface area contributed by atoms with E-state index in [0.29, 0.717) is 27.0 Å². The van der Waals surface area contributed by atoms with Gasteiger partial charge in [-0.25, -0.2) is 0 Å². The predicted octanol–water partition coefficient (Wildman–Crippen LogP) is 5.87. The van der Waals surface area contributed by atoms with Gasteiger partial charge in [-0.3, -0.25) is 9.59 Å². The summed E-state index contributed by atoms with van der Waals surface area (Å²) >= 11 is 12.1. The van der Waals surface area contributed by atoms with Crippen molar-refractivity contribution in [3.8, 4) is 11.8 Å². The lowest BCUT2D eigenvalue weighted by atomic mass is 10.1. The van der Waals surface area contributed by atoms with Crippen LogP contribution < -0.4 is 15.4 Å². The lowest BCUT2D eigenvalue weighted by Crippen LogP contribution is -2.20. The fourth-order valence-electron chi connectivity index (χ4n) is 2.80. The number of anilines is 2. The molecule has 0 saturated carbocycles. The average molecular weight is 480 g/mol. The minimum Gasteiger partial charge on any atom is -0.483 e. The normalized spacial score (nSPS) is 10.8. The molecule has 0 radical (unpaired) electrons. The van der Waals surface area contributed by atoms with Gasteiger partial charge in [0.1, 0.15) is 17.4 Å². The Morgan fingerprint density at radius 2 is 1.76 bits per heavy atom. The average Bonchev–Trinajstić information content (AvgIpc) is 2.79. The van der Waals surface area contributed by atoms with Crippen LogP contribution in [0.3, 0.4) is 0 Å². The fraction of sp³-hybridized carbons (Fsp3) is 0.0800. The SMILES string of the molecule is Cc1ccc(NC(=O)/C(C#N)=C\c2cc(Cl)ccc2OCC(=O)Nc2ccccc2Cl)cc1. The van der Waals surface area contributed by atoms with Crippen molar-refractivity contribution < 1.29 is 14.3 Å². The predicted molar refractivity (Wildman–Crippen MR) is 130 cm³/mol. The van der Waals surface area contributed by atoms with Crippen LogP contribution in [0.15, 0.2) is 72.3 Å². The van der Waals surface area contributed by atoms with Gasteiger partial charge in [0.2, 0.25) is 0 Å². The molecule has 3 rings (SSSR count). The van der Waals surface area contributed by atoms with Crippen molar-refractivity contribution in [3.63, 3.8) is 0 Å². The topological polar surface area (TPSA) is 91.2 Å². The van der Waals surface area contributed by atoms with Crippen molar-refractivity contribution in [2.24, 2.45) is 0 Å². The van der Waals surface area contributed by atoms with Gasteiger partial charge in [0.05, 0.1) is 10.7 Å². The monoisotopic (exact) mass is 479 g/mol. The highest BCUT2D eigenvalue weighted by Crippen LogP contribution is 2.26. The Balaban J connectivity index is 1.75. The molecule has 6 nitrogen and oxygen atoms in total. The molecule has 0 bridgehead atoms. The number of rotatable bonds is 7. The summed E-state index contributed by atoms with van der Waals surface area (Å²) in [6.45, 7) is 1.62. The van der Waals surface area contributed by atoms with Crippen LogP contribution in [0.2, 0.25) is 10.0 Å². The van der Waals surface area contributed by atoms with E-state index in [9.17, 15) is 14.9 Å². The first-order valence-electron chi connectivity index (χ1n) is 9.82. The third-order valence-corrected chi connectivity index (χ3v) is 5.02. The second-order valence-corrected chi connectivity index (χ2v) is 7.83. The van der Waals surface area contributed by atoms with Crippen molar-refractivity contribution in [2.45, 2.75) is 6.92 Å². The zero-order chi connectivity index (χ0) is 23.8. The smallest absolute Gasteiger partial charge is 0.266 e. The molecule has 166 valence electrons. The number of hydrogen-bond donors (Lipinski definition) is 2. The van der Waals surface area contributed by atoms with E-state index in [1.807, 2.05) is 25.1 Å². The van der Waals surface area contributed by atoms with Crippen LogP contribution in [0.4, 0.5) is 11.4 Å². The van der Waals surface area contributed by atoms with Crippen molar-refractivity contribution in [1.29, 1.82) is 5.26 Å². The zero-order valence-electron chi connectivity index (χ0n) is 17.6. The van der Waals surface area contributed by atoms with E-state index >= 15 is 0 Å². The molecule has 0 spiro atoms. The Kier molecular flexibility index (Phi) is 8.09. The van der Waals surface area contributed by atoms with E-state index < -0.39 is 11.8 Å². The van der Waals surface area contributed by atoms with Gasteiger partial charge in [0.25, 0.3) is 11.8 Å². The highest BCUT2D eigenvalue weighted by atomic mass is 35.5. The van der Waals surface area contributed by atoms with Gasteiger partial charge in [-0.15, -0.1) is 0 Å². The van der Waals surface area contributed by atoms with Crippen LogP contribution in [-0.2, 0) is 9.59 Å². The van der Waals surface area contributed by atoms with Crippen LogP contribution in [0.5, 0.6) is 5.75 Å². The number of nitrogens with zero attached hydrogens (tertiary/aromatic N) is 1. The van der Waals surface area contributed by atoms with Crippen LogP contribution in [-0.4, -0.2) is 18.4 Å². The number of halogens is 2. The summed E-state index contributed by atoms with van der Waals surface area (Å²) in [5, 5.41) is 15.6. The molecule has 0 fully saturated rings. The number of hydrogen-bond acceptors (Lipinski definition) is 4. The quantitative estimate of drug-likeness (QED) is 0.327. The van der Waals surface area contributed by atoms with Crippen molar-refractivity contribution in [3.05, 3.63) is 93.5 Å². The van der Waals surface area contributed by atoms with Gasteiger partial charge in [-0.05, 0) is 55.5 Å². The standard InChI is InChI=1S/C25H19Cl2N3O3/c1-16-6-9-20(10-7-16)29-25(32)18(14-28)12-17-13-19(26)8-11-23(17)33-15-24(31)30-22-5-3-2-4-21(22)27/h2-13H,15H2,1H3,(H,29,32)(H,30,31)/b18-12-. The Morgan fingerprint density at radius 3 is 2.45 bits per heavy atom. The summed E-state index contributed by atoms with van der Waals surface area (Å²) < 4.78 is 5.62. The van der Waals surface area contributed by atoms with Crippen molar-refractivity contribution in [2.75, 3.05) is 17.2 Å². The molecule has 8 heteroatoms. The lowest BCUT2D eigenvalue weighted by Gasteiger charge is -2.11. The molecular formula is C25H19Cl2N3O3. The van der Waals surface area contributed by atoms with Gasteiger partial charge in [0, 0.05) is 16.3 Å². The summed E-state index contributed by atoms with van der Waals surface area (Å²) in [6, 6.07) is 20.6. The van der Waals surface area contributed by atoms with E-state index in [-0.39, 0.29) is 17.9 Å². The molecule has 0 heterocycles. The molecule has 0 aliphatic carbocycles. The number of ether oxygens (including phenoxy) is 1. The lowest BCUT2D eigenvalue weighted by molar-refractivity contribution is -0.118. The molecule has 3 aromatic carbocycles. The maximum absolute atomic E-state index is 12.6. The van der Waals surface area contributed by atoms with Gasteiger partial charge >= 0.3 is 0 Å². The zero-order valence-corrected chi connectivity index (χ0v) is 19.1. The van der Waals surface area contributed by atoms with E-state index in [1.54, 1.807) is 54.6 Å². The number of carbonyl (C=O) groups is 2. The second kappa shape index (κ2) is 11.2. The Bertz CT molecular complexity index is 1250. The van der Waals surface area contributed by atoms with Crippen LogP contribution in [0.25, 0.3) is 6.08 Å². The summed E-state index contributed by atoms with van der Waals surface area (Å²) in [4.78, 5) is 24.9. The molecule has 2 N–H and O–H groups in total. The Labute approximate surface area is 201 Å². The van der Waals surface area contributed by atoms with Crippen molar-refractivity contribution in [1.82, 2.24) is 0 Å². The number of aryl methyl sites for hydroxylation is 1. The van der Waals surface area contributed by atoms with Crippen LogP contribution in [0.1, 0.15) is 11.1 Å². The van der Waals surface area contributed by atoms with Crippen molar-refractivity contribution >= 4 is 52.5 Å². The summed E-state index contributed by atoms with van der Waals surface area (Å²) in [7, 11) is 0. The maximum atomic E-state index is 12.6. The molecule has 0 aromatic heterocycles. The molecular weight excluding hydrogens is 461 g/mol. The fourth-order valence-corrected chi connectivity index (χ4v) is 3.16. The largest absolute Gasteiger partial charge is 0.483 e. The molecule has 0 aliphatic rings. The minimum atomic E-state index is -0.580. The first kappa shape index (κ1) is 23.9. The summed E-state index contributed by atoms with van der Waals surface area (Å²) in [5.74, 6) is -0.723. The number of benzene rings is 3. The van der Waals surface area contributed by atoms with E-state index in [2.05, 4.69) is 10.6 Å². The van der Waals surface area contributed by atoms with Gasteiger partial charge in [0.15, 0.2) is 6.61 Å². The van der Waals surface area contributed by atoms with Crippen LogP contribution >= 0.6 is 23.2 Å². The first-order chi connectivity index (χ1) is 15.9. The third-order valence-electron chi connectivity index (χ3n) is 4.45. The van der Waals surface area contributed by atoms with Crippen LogP contribution in [0, 0.1) is 18.3 Å². The van der Waals surface area contributed by atoms with Gasteiger partial charge < -0.3 is 15.4 Å². The molecule has 0 unspecified atom stereocenters. The molecule has 3 aromatic rings. The molecule has 33 heavy (non-hydrogen) atoms. The minimum absolute atomic E-state index is 0.150. The highest BCUT2D eigenvalue weighted by molar-refractivity contribution is 6.33. The maximum Gasteiger partial charge on any atom is 0.266 e.